The number of rotatable bonds is 4. The molecule has 2 saturated carbocycles. The largest absolute Gasteiger partial charge is 0.444 e. The van der Waals surface area contributed by atoms with Crippen LogP contribution >= 0.6 is 11.6 Å². The van der Waals surface area contributed by atoms with E-state index in [1.54, 1.807) is 38.3 Å². The quantitative estimate of drug-likeness (QED) is 0.447. The number of hydrogen-bond donors (Lipinski definition) is 2. The number of carbonyl (C=O) groups is 2. The van der Waals surface area contributed by atoms with Crippen LogP contribution in [0.4, 0.5) is 4.79 Å². The van der Waals surface area contributed by atoms with Crippen molar-refractivity contribution in [3.05, 3.63) is 39.3 Å². The first kappa shape index (κ1) is 26.5. The van der Waals surface area contributed by atoms with Gasteiger partial charge in [-0.3, -0.25) is 9.59 Å². The molecule has 1 aromatic carbocycles. The second-order valence-corrected chi connectivity index (χ2v) is 12.1. The summed E-state index contributed by atoms with van der Waals surface area (Å²) in [6.07, 6.45) is 5.30. The molecule has 0 aliphatic heterocycles. The maximum Gasteiger partial charge on any atom is 0.408 e. The van der Waals surface area contributed by atoms with Crippen LogP contribution in [-0.2, 0) is 9.53 Å². The van der Waals surface area contributed by atoms with Crippen LogP contribution < -0.4 is 16.2 Å². The summed E-state index contributed by atoms with van der Waals surface area (Å²) >= 11 is 6.58. The Balaban J connectivity index is 1.42. The van der Waals surface area contributed by atoms with E-state index < -0.39 is 17.2 Å². The third kappa shape index (κ3) is 4.88. The molecule has 2 heterocycles. The van der Waals surface area contributed by atoms with Gasteiger partial charge in [-0.05, 0) is 78.4 Å². The lowest BCUT2D eigenvalue weighted by Gasteiger charge is -2.35. The molecule has 10 heteroatoms. The van der Waals surface area contributed by atoms with Gasteiger partial charge in [-0.2, -0.15) is 0 Å². The molecule has 38 heavy (non-hydrogen) atoms. The molecular weight excluding hydrogens is 508 g/mol. The van der Waals surface area contributed by atoms with E-state index in [1.807, 2.05) is 12.1 Å². The lowest BCUT2D eigenvalue weighted by molar-refractivity contribution is -0.128. The van der Waals surface area contributed by atoms with Crippen LogP contribution in [0.5, 0.6) is 0 Å². The predicted molar refractivity (Wildman–Crippen MR) is 146 cm³/mol. The van der Waals surface area contributed by atoms with Crippen molar-refractivity contribution in [3.8, 4) is 0 Å². The Hall–Kier alpha value is -3.07. The SMILES string of the molecule is Cc1onc2c1c(=O)n(C1CCCC(NC(=O)C3(NC(=O)OC(C)(C)C)CCCC3)C1)c1cccc(Cl)c21. The van der Waals surface area contributed by atoms with Gasteiger partial charge in [-0.1, -0.05) is 35.7 Å². The van der Waals surface area contributed by atoms with Crippen molar-refractivity contribution in [3.63, 3.8) is 0 Å². The number of benzene rings is 1. The molecule has 2 atom stereocenters. The van der Waals surface area contributed by atoms with Gasteiger partial charge in [0.15, 0.2) is 0 Å². The molecule has 0 spiro atoms. The van der Waals surface area contributed by atoms with Gasteiger partial charge >= 0.3 is 6.09 Å². The fourth-order valence-electron chi connectivity index (χ4n) is 6.07. The first-order valence-electron chi connectivity index (χ1n) is 13.4. The number of nitrogens with one attached hydrogen (secondary N) is 2. The Morgan fingerprint density at radius 1 is 1.16 bits per heavy atom. The summed E-state index contributed by atoms with van der Waals surface area (Å²) in [7, 11) is 0. The average molecular weight is 543 g/mol. The van der Waals surface area contributed by atoms with Crippen molar-refractivity contribution in [1.29, 1.82) is 0 Å². The van der Waals surface area contributed by atoms with Gasteiger partial charge in [0.05, 0.1) is 10.5 Å². The molecule has 0 bridgehead atoms. The van der Waals surface area contributed by atoms with E-state index in [1.165, 1.54) is 0 Å². The number of halogens is 1. The van der Waals surface area contributed by atoms with E-state index in [9.17, 15) is 14.4 Å². The number of carbonyl (C=O) groups excluding carboxylic acids is 2. The van der Waals surface area contributed by atoms with E-state index in [2.05, 4.69) is 15.8 Å². The van der Waals surface area contributed by atoms with Gasteiger partial charge in [-0.15, -0.1) is 0 Å². The second kappa shape index (κ2) is 9.91. The lowest BCUT2D eigenvalue weighted by atomic mass is 9.88. The van der Waals surface area contributed by atoms with Crippen LogP contribution in [0.15, 0.2) is 27.5 Å². The molecule has 3 aromatic rings. The number of ether oxygens (including phenoxy) is 1. The number of amides is 2. The Kier molecular flexibility index (Phi) is 6.92. The molecule has 2 fully saturated rings. The van der Waals surface area contributed by atoms with E-state index in [4.69, 9.17) is 20.9 Å². The van der Waals surface area contributed by atoms with Crippen LogP contribution in [0.1, 0.15) is 83.9 Å². The van der Waals surface area contributed by atoms with Crippen molar-refractivity contribution >= 4 is 45.4 Å². The van der Waals surface area contributed by atoms with Crippen molar-refractivity contribution in [2.75, 3.05) is 0 Å². The maximum atomic E-state index is 13.7. The summed E-state index contributed by atoms with van der Waals surface area (Å²) in [5.74, 6) is 0.273. The smallest absolute Gasteiger partial charge is 0.408 e. The number of alkyl carbamates (subject to hydrolysis) is 1. The monoisotopic (exact) mass is 542 g/mol. The number of aryl methyl sites for hydroxylation is 1. The molecular formula is C28H35ClN4O5. The van der Waals surface area contributed by atoms with Crippen LogP contribution in [0.3, 0.4) is 0 Å². The lowest BCUT2D eigenvalue weighted by Crippen LogP contribution is -2.59. The third-order valence-electron chi connectivity index (χ3n) is 7.76. The highest BCUT2D eigenvalue weighted by molar-refractivity contribution is 6.37. The zero-order valence-corrected chi connectivity index (χ0v) is 23.1. The summed E-state index contributed by atoms with van der Waals surface area (Å²) in [5.41, 5.74) is -0.616. The Morgan fingerprint density at radius 2 is 1.89 bits per heavy atom. The molecule has 204 valence electrons. The number of pyridine rings is 1. The van der Waals surface area contributed by atoms with E-state index in [0.717, 1.165) is 32.1 Å². The molecule has 2 amide bonds. The minimum atomic E-state index is -0.981. The molecule has 2 unspecified atom stereocenters. The highest BCUT2D eigenvalue weighted by atomic mass is 35.5. The van der Waals surface area contributed by atoms with Crippen molar-refractivity contribution in [2.45, 2.75) is 102 Å². The second-order valence-electron chi connectivity index (χ2n) is 11.7. The molecule has 2 N–H and O–H groups in total. The number of nitrogens with zero attached hydrogens (tertiary/aromatic N) is 2. The van der Waals surface area contributed by atoms with Crippen molar-refractivity contribution in [1.82, 2.24) is 20.4 Å². The third-order valence-corrected chi connectivity index (χ3v) is 8.08. The Bertz CT molecular complexity index is 1450. The summed E-state index contributed by atoms with van der Waals surface area (Å²) < 4.78 is 12.6. The molecule has 9 nitrogen and oxygen atoms in total. The van der Waals surface area contributed by atoms with E-state index in [0.29, 0.717) is 51.9 Å². The topological polar surface area (TPSA) is 115 Å². The molecule has 2 aliphatic carbocycles. The number of hydrogen-bond acceptors (Lipinski definition) is 6. The maximum absolute atomic E-state index is 13.7. The number of fused-ring (bicyclic) bond motifs is 3. The molecule has 0 saturated heterocycles. The summed E-state index contributed by atoms with van der Waals surface area (Å²) in [6, 6.07) is 5.21. The van der Waals surface area contributed by atoms with Gasteiger partial charge in [0.25, 0.3) is 5.56 Å². The van der Waals surface area contributed by atoms with E-state index in [-0.39, 0.29) is 23.6 Å². The Labute approximate surface area is 226 Å². The van der Waals surface area contributed by atoms with Gasteiger partial charge < -0.3 is 24.5 Å². The minimum Gasteiger partial charge on any atom is -0.444 e. The Morgan fingerprint density at radius 3 is 2.61 bits per heavy atom. The van der Waals surface area contributed by atoms with Gasteiger partial charge in [-0.25, -0.2) is 4.79 Å². The van der Waals surface area contributed by atoms with Gasteiger partial charge in [0.2, 0.25) is 5.91 Å². The summed E-state index contributed by atoms with van der Waals surface area (Å²) in [6.45, 7) is 7.13. The first-order chi connectivity index (χ1) is 18.0. The fourth-order valence-corrected chi connectivity index (χ4v) is 6.33. The predicted octanol–water partition coefficient (Wildman–Crippen LogP) is 5.54. The van der Waals surface area contributed by atoms with E-state index >= 15 is 0 Å². The zero-order chi connectivity index (χ0) is 27.2. The molecule has 2 aromatic heterocycles. The standard InChI is InChI=1S/C28H35ClN4O5/c1-16-21-23(32-38-16)22-19(29)11-8-12-20(22)33(24(21)34)18-10-7-9-17(15-18)30-25(35)28(13-5-6-14-28)31-26(36)37-27(2,3)4/h8,11-12,17-18H,5-7,9-10,13-15H2,1-4H3,(H,30,35)(H,31,36). The number of aromatic nitrogens is 2. The minimum absolute atomic E-state index is 0.139. The highest BCUT2D eigenvalue weighted by Gasteiger charge is 2.44. The van der Waals surface area contributed by atoms with Crippen molar-refractivity contribution in [2.24, 2.45) is 0 Å². The first-order valence-corrected chi connectivity index (χ1v) is 13.8. The van der Waals surface area contributed by atoms with Crippen LogP contribution in [0.25, 0.3) is 21.8 Å². The normalized spacial score (nSPS) is 21.5. The van der Waals surface area contributed by atoms with Crippen LogP contribution in [0.2, 0.25) is 5.02 Å². The van der Waals surface area contributed by atoms with Gasteiger partial charge in [0.1, 0.15) is 27.8 Å². The van der Waals surface area contributed by atoms with Gasteiger partial charge in [0, 0.05) is 17.5 Å². The zero-order valence-electron chi connectivity index (χ0n) is 22.4. The molecule has 5 rings (SSSR count). The van der Waals surface area contributed by atoms with Crippen molar-refractivity contribution < 1.29 is 18.8 Å². The van der Waals surface area contributed by atoms with Crippen LogP contribution in [-0.4, -0.2) is 38.9 Å². The summed E-state index contributed by atoms with van der Waals surface area (Å²) in [4.78, 5) is 39.9. The summed E-state index contributed by atoms with van der Waals surface area (Å²) in [5, 5.41) is 11.9. The fraction of sp³-hybridized carbons (Fsp3) is 0.571. The highest BCUT2D eigenvalue weighted by Crippen LogP contribution is 2.36. The molecule has 2 aliphatic rings. The average Bonchev–Trinajstić information content (AvgIpc) is 3.46. The molecule has 0 radical (unpaired) electrons. The van der Waals surface area contributed by atoms with Crippen LogP contribution in [0, 0.1) is 6.92 Å².